The highest BCUT2D eigenvalue weighted by Crippen LogP contribution is 2.34. The molecule has 7 heteroatoms. The van der Waals surface area contributed by atoms with Crippen LogP contribution in [0.4, 0.5) is 5.69 Å². The minimum atomic E-state index is -0.307. The van der Waals surface area contributed by atoms with Crippen molar-refractivity contribution in [3.8, 4) is 11.5 Å². The van der Waals surface area contributed by atoms with Gasteiger partial charge in [0.05, 0.1) is 18.4 Å². The van der Waals surface area contributed by atoms with Crippen LogP contribution in [0.2, 0.25) is 0 Å². The van der Waals surface area contributed by atoms with Gasteiger partial charge in [-0.1, -0.05) is 12.1 Å². The topological polar surface area (TPSA) is 82.4 Å². The molecule has 2 amide bonds. The number of rotatable bonds is 6. The SMILES string of the molecule is COc1cc(/C=N\c2cc3c4c(cccc4c2)C(=O)N(CCN(C)C)C3=O)ccc1O. The molecule has 4 rings (SSSR count). The molecule has 158 valence electrons. The van der Waals surface area contributed by atoms with Crippen molar-refractivity contribution in [1.29, 1.82) is 0 Å². The van der Waals surface area contributed by atoms with Gasteiger partial charge in [-0.2, -0.15) is 0 Å². The molecule has 0 saturated carbocycles. The fourth-order valence-electron chi connectivity index (χ4n) is 3.64. The minimum absolute atomic E-state index is 0.0513. The van der Waals surface area contributed by atoms with E-state index < -0.39 is 0 Å². The third-order valence-corrected chi connectivity index (χ3v) is 5.25. The van der Waals surface area contributed by atoms with Crippen LogP contribution >= 0.6 is 0 Å². The summed E-state index contributed by atoms with van der Waals surface area (Å²) in [5, 5.41) is 11.2. The van der Waals surface area contributed by atoms with Crippen LogP contribution < -0.4 is 4.74 Å². The number of aliphatic imine (C=N–C) groups is 1. The third-order valence-electron chi connectivity index (χ3n) is 5.25. The molecule has 7 nitrogen and oxygen atoms in total. The molecule has 0 atom stereocenters. The Balaban J connectivity index is 1.75. The largest absolute Gasteiger partial charge is 0.504 e. The maximum Gasteiger partial charge on any atom is 0.261 e. The first-order valence-corrected chi connectivity index (χ1v) is 9.88. The molecular weight excluding hydrogens is 394 g/mol. The fraction of sp³-hybridized carbons (Fsp3) is 0.208. The summed E-state index contributed by atoms with van der Waals surface area (Å²) < 4.78 is 5.13. The van der Waals surface area contributed by atoms with Gasteiger partial charge in [-0.3, -0.25) is 19.5 Å². The standard InChI is InChI=1S/C24H23N3O4/c1-26(2)9-10-27-23(29)18-6-4-5-16-12-17(13-19(22(16)18)24(27)30)25-14-15-7-8-20(28)21(11-15)31-3/h4-8,11-14,28H,9-10H2,1-3H3/b25-14-. The van der Waals surface area contributed by atoms with Gasteiger partial charge >= 0.3 is 0 Å². The molecule has 1 heterocycles. The van der Waals surface area contributed by atoms with Crippen molar-refractivity contribution in [2.75, 3.05) is 34.3 Å². The van der Waals surface area contributed by atoms with Gasteiger partial charge in [0.15, 0.2) is 11.5 Å². The Kier molecular flexibility index (Phi) is 5.44. The lowest BCUT2D eigenvalue weighted by Crippen LogP contribution is -2.43. The Labute approximate surface area is 180 Å². The number of likely N-dealkylation sites (N-methyl/N-ethyl adjacent to an activating group) is 1. The van der Waals surface area contributed by atoms with Crippen molar-refractivity contribution in [3.05, 3.63) is 65.2 Å². The smallest absolute Gasteiger partial charge is 0.261 e. The van der Waals surface area contributed by atoms with Gasteiger partial charge in [-0.25, -0.2) is 0 Å². The molecule has 0 radical (unpaired) electrons. The van der Waals surface area contributed by atoms with E-state index in [9.17, 15) is 14.7 Å². The molecule has 0 spiro atoms. The molecule has 0 bridgehead atoms. The molecule has 1 N–H and O–H groups in total. The second kappa shape index (κ2) is 8.20. The molecule has 31 heavy (non-hydrogen) atoms. The lowest BCUT2D eigenvalue weighted by Gasteiger charge is -2.28. The molecule has 0 fully saturated rings. The molecule has 0 unspecified atom stereocenters. The molecule has 0 saturated heterocycles. The Bertz CT molecular complexity index is 1220. The van der Waals surface area contributed by atoms with Gasteiger partial charge in [0.25, 0.3) is 11.8 Å². The zero-order valence-electron chi connectivity index (χ0n) is 17.6. The Hall–Kier alpha value is -3.71. The van der Waals surface area contributed by atoms with Gasteiger partial charge in [0.1, 0.15) is 0 Å². The summed E-state index contributed by atoms with van der Waals surface area (Å²) >= 11 is 0. The van der Waals surface area contributed by atoms with Crippen LogP contribution in [-0.4, -0.2) is 67.2 Å². The molecule has 0 aliphatic carbocycles. The maximum atomic E-state index is 13.2. The van der Waals surface area contributed by atoms with Crippen LogP contribution in [0.3, 0.4) is 0 Å². The van der Waals surface area contributed by atoms with E-state index in [1.165, 1.54) is 18.1 Å². The van der Waals surface area contributed by atoms with E-state index in [0.29, 0.717) is 41.0 Å². The van der Waals surface area contributed by atoms with Gasteiger partial charge in [0, 0.05) is 30.3 Å². The average Bonchev–Trinajstić information content (AvgIpc) is 2.76. The first kappa shape index (κ1) is 20.6. The zero-order valence-corrected chi connectivity index (χ0v) is 17.6. The second-order valence-electron chi connectivity index (χ2n) is 7.65. The average molecular weight is 417 g/mol. The summed E-state index contributed by atoms with van der Waals surface area (Å²) in [5.41, 5.74) is 2.35. The van der Waals surface area contributed by atoms with Crippen LogP contribution in [0.5, 0.6) is 11.5 Å². The van der Waals surface area contributed by atoms with Crippen LogP contribution in [0.15, 0.2) is 53.5 Å². The Morgan fingerprint density at radius 3 is 2.58 bits per heavy atom. The summed E-state index contributed by atoms with van der Waals surface area (Å²) in [6.45, 7) is 0.907. The monoisotopic (exact) mass is 417 g/mol. The minimum Gasteiger partial charge on any atom is -0.504 e. The Morgan fingerprint density at radius 1 is 1.06 bits per heavy atom. The summed E-state index contributed by atoms with van der Waals surface area (Å²) in [6.07, 6.45) is 1.64. The molecule has 1 aliphatic rings. The highest BCUT2D eigenvalue weighted by molar-refractivity contribution is 6.26. The number of phenolic OH excluding ortho intramolecular Hbond substituents is 1. The predicted octanol–water partition coefficient (Wildman–Crippen LogP) is 3.46. The van der Waals surface area contributed by atoms with Crippen molar-refractivity contribution in [3.63, 3.8) is 0 Å². The van der Waals surface area contributed by atoms with E-state index in [2.05, 4.69) is 4.99 Å². The number of ether oxygens (including phenoxy) is 1. The number of benzene rings is 3. The number of imide groups is 1. The summed E-state index contributed by atoms with van der Waals surface area (Å²) in [6, 6.07) is 14.0. The Morgan fingerprint density at radius 2 is 1.84 bits per heavy atom. The highest BCUT2D eigenvalue weighted by atomic mass is 16.5. The van der Waals surface area contributed by atoms with E-state index >= 15 is 0 Å². The molecule has 3 aromatic rings. The van der Waals surface area contributed by atoms with Crippen molar-refractivity contribution < 1.29 is 19.4 Å². The van der Waals surface area contributed by atoms with Crippen molar-refractivity contribution in [1.82, 2.24) is 9.80 Å². The van der Waals surface area contributed by atoms with Crippen LogP contribution in [-0.2, 0) is 0 Å². The quantitative estimate of drug-likeness (QED) is 0.491. The molecule has 0 aromatic heterocycles. The number of hydrogen-bond acceptors (Lipinski definition) is 6. The van der Waals surface area contributed by atoms with E-state index in [1.54, 1.807) is 30.5 Å². The predicted molar refractivity (Wildman–Crippen MR) is 120 cm³/mol. The molecule has 3 aromatic carbocycles. The molecule has 1 aliphatic heterocycles. The summed E-state index contributed by atoms with van der Waals surface area (Å²) in [5.74, 6) is -0.167. The molecular formula is C24H23N3O4. The number of carbonyl (C=O) groups is 2. The van der Waals surface area contributed by atoms with Gasteiger partial charge in [-0.15, -0.1) is 0 Å². The van der Waals surface area contributed by atoms with Crippen LogP contribution in [0.25, 0.3) is 10.8 Å². The first-order valence-electron chi connectivity index (χ1n) is 9.88. The van der Waals surface area contributed by atoms with E-state index in [-0.39, 0.29) is 17.6 Å². The van der Waals surface area contributed by atoms with E-state index in [1.807, 2.05) is 37.2 Å². The van der Waals surface area contributed by atoms with Gasteiger partial charge < -0.3 is 14.7 Å². The second-order valence-corrected chi connectivity index (χ2v) is 7.65. The third kappa shape index (κ3) is 3.87. The fourth-order valence-corrected chi connectivity index (χ4v) is 3.64. The van der Waals surface area contributed by atoms with Crippen molar-refractivity contribution in [2.24, 2.45) is 4.99 Å². The number of carbonyl (C=O) groups excluding carboxylic acids is 2. The number of nitrogens with zero attached hydrogens (tertiary/aromatic N) is 3. The number of methoxy groups -OCH3 is 1. The number of hydrogen-bond donors (Lipinski definition) is 1. The number of phenols is 1. The first-order chi connectivity index (χ1) is 14.9. The van der Waals surface area contributed by atoms with Gasteiger partial charge in [-0.05, 0) is 61.4 Å². The normalized spacial score (nSPS) is 13.6. The lowest BCUT2D eigenvalue weighted by atomic mass is 9.93. The maximum absolute atomic E-state index is 13.2. The van der Waals surface area contributed by atoms with Crippen molar-refractivity contribution in [2.45, 2.75) is 0 Å². The van der Waals surface area contributed by atoms with Crippen molar-refractivity contribution >= 4 is 34.5 Å². The van der Waals surface area contributed by atoms with E-state index in [0.717, 1.165) is 10.9 Å². The van der Waals surface area contributed by atoms with Gasteiger partial charge in [0.2, 0.25) is 0 Å². The zero-order chi connectivity index (χ0) is 22.1. The summed E-state index contributed by atoms with van der Waals surface area (Å²) in [4.78, 5) is 33.9. The van der Waals surface area contributed by atoms with Crippen LogP contribution in [0, 0.1) is 0 Å². The number of amides is 2. The number of aromatic hydroxyl groups is 1. The lowest BCUT2D eigenvalue weighted by molar-refractivity contribution is 0.0601. The van der Waals surface area contributed by atoms with E-state index in [4.69, 9.17) is 4.74 Å². The highest BCUT2D eigenvalue weighted by Gasteiger charge is 2.32. The summed E-state index contributed by atoms with van der Waals surface area (Å²) in [7, 11) is 5.29. The van der Waals surface area contributed by atoms with Crippen LogP contribution in [0.1, 0.15) is 26.3 Å².